The normalized spacial score (nSPS) is 18.3. The van der Waals surface area contributed by atoms with Gasteiger partial charge in [0.2, 0.25) is 0 Å². The molecule has 0 aliphatic heterocycles. The molecule has 2 aromatic rings. The minimum Gasteiger partial charge on any atom is -0.488 e. The molecule has 1 aliphatic carbocycles. The van der Waals surface area contributed by atoms with E-state index in [9.17, 15) is 13.6 Å². The smallest absolute Gasteiger partial charge is 0.255 e. The number of ketones is 1. The number of Topliss-reactive ketones (excluding diaryl/α,β-unsaturated/α-hetero) is 1. The van der Waals surface area contributed by atoms with E-state index < -0.39 is 12.0 Å². The largest absolute Gasteiger partial charge is 0.488 e. The number of carbonyl (C=O) groups is 1. The maximum absolute atomic E-state index is 12.7. The first-order chi connectivity index (χ1) is 8.94. The summed E-state index contributed by atoms with van der Waals surface area (Å²) in [6.45, 7) is 1.47. The lowest BCUT2D eigenvalue weighted by molar-refractivity contribution is -0.134. The summed E-state index contributed by atoms with van der Waals surface area (Å²) < 4.78 is 32.4. The van der Waals surface area contributed by atoms with Gasteiger partial charge >= 0.3 is 0 Å². The summed E-state index contributed by atoms with van der Waals surface area (Å²) in [5, 5.41) is 4.05. The van der Waals surface area contributed by atoms with Gasteiger partial charge in [0.25, 0.3) is 5.92 Å². The Kier molecular flexibility index (Phi) is 2.55. The van der Waals surface area contributed by atoms with Crippen LogP contribution in [-0.4, -0.2) is 27.4 Å². The molecular formula is C13H12F2N2O2. The van der Waals surface area contributed by atoms with Crippen LogP contribution >= 0.6 is 0 Å². The fourth-order valence-corrected chi connectivity index (χ4v) is 2.19. The zero-order chi connectivity index (χ0) is 13.6. The fourth-order valence-electron chi connectivity index (χ4n) is 2.19. The quantitative estimate of drug-likeness (QED) is 0.802. The molecule has 0 amide bonds. The summed E-state index contributed by atoms with van der Waals surface area (Å²) in [7, 11) is 0. The van der Waals surface area contributed by atoms with E-state index in [1.165, 1.54) is 17.6 Å². The van der Waals surface area contributed by atoms with Crippen LogP contribution in [-0.2, 0) is 0 Å². The molecule has 19 heavy (non-hydrogen) atoms. The number of alkyl halides is 2. The number of pyridine rings is 1. The molecule has 0 spiro atoms. The summed E-state index contributed by atoms with van der Waals surface area (Å²) in [5.41, 5.74) is 1.21. The van der Waals surface area contributed by atoms with Crippen LogP contribution in [0.1, 0.15) is 30.1 Å². The minimum atomic E-state index is -2.59. The van der Waals surface area contributed by atoms with Crippen LogP contribution < -0.4 is 4.74 Å². The summed E-state index contributed by atoms with van der Waals surface area (Å²) in [4.78, 5) is 11.3. The average Bonchev–Trinajstić information content (AvgIpc) is 2.69. The first kappa shape index (κ1) is 12.1. The van der Waals surface area contributed by atoms with Gasteiger partial charge in [0, 0.05) is 12.8 Å². The lowest BCUT2D eigenvalue weighted by Crippen LogP contribution is -2.43. The zero-order valence-electron chi connectivity index (χ0n) is 10.3. The van der Waals surface area contributed by atoms with Gasteiger partial charge in [0.1, 0.15) is 11.9 Å². The Morgan fingerprint density at radius 3 is 2.84 bits per heavy atom. The number of halogens is 2. The van der Waals surface area contributed by atoms with Gasteiger partial charge in [-0.2, -0.15) is 5.10 Å². The Morgan fingerprint density at radius 1 is 1.47 bits per heavy atom. The van der Waals surface area contributed by atoms with Crippen molar-refractivity contribution in [2.45, 2.75) is 31.8 Å². The molecule has 100 valence electrons. The summed E-state index contributed by atoms with van der Waals surface area (Å²) >= 11 is 0. The Labute approximate surface area is 108 Å². The minimum absolute atomic E-state index is 0.0673. The Hall–Kier alpha value is -1.98. The molecule has 1 saturated carbocycles. The van der Waals surface area contributed by atoms with Crippen molar-refractivity contribution in [3.63, 3.8) is 0 Å². The van der Waals surface area contributed by atoms with Crippen LogP contribution in [0.5, 0.6) is 5.75 Å². The van der Waals surface area contributed by atoms with Crippen LogP contribution in [0.3, 0.4) is 0 Å². The highest BCUT2D eigenvalue weighted by molar-refractivity contribution is 6.00. The van der Waals surface area contributed by atoms with Crippen molar-refractivity contribution in [3.05, 3.63) is 30.1 Å². The highest BCUT2D eigenvalue weighted by Crippen LogP contribution is 2.39. The van der Waals surface area contributed by atoms with Gasteiger partial charge in [-0.1, -0.05) is 0 Å². The molecule has 0 radical (unpaired) electrons. The van der Waals surface area contributed by atoms with Crippen LogP contribution in [0.15, 0.2) is 24.5 Å². The second-order valence-corrected chi connectivity index (χ2v) is 4.81. The Morgan fingerprint density at radius 2 is 2.21 bits per heavy atom. The van der Waals surface area contributed by atoms with E-state index in [-0.39, 0.29) is 18.6 Å². The molecule has 0 bridgehead atoms. The molecule has 0 atom stereocenters. The molecule has 6 heteroatoms. The van der Waals surface area contributed by atoms with E-state index in [1.807, 2.05) is 0 Å². The molecular weight excluding hydrogens is 254 g/mol. The summed E-state index contributed by atoms with van der Waals surface area (Å²) in [5.74, 6) is -2.18. The molecule has 1 fully saturated rings. The Bertz CT molecular complexity index is 643. The third-order valence-electron chi connectivity index (χ3n) is 3.22. The maximum Gasteiger partial charge on any atom is 0.255 e. The number of ether oxygens (including phenoxy) is 1. The summed E-state index contributed by atoms with van der Waals surface area (Å²) in [6, 6.07) is 3.37. The number of fused-ring (bicyclic) bond motifs is 1. The van der Waals surface area contributed by atoms with E-state index in [2.05, 4.69) is 5.10 Å². The van der Waals surface area contributed by atoms with Gasteiger partial charge in [-0.3, -0.25) is 4.79 Å². The van der Waals surface area contributed by atoms with Crippen molar-refractivity contribution < 1.29 is 18.3 Å². The SMILES string of the molecule is CC(=O)c1cnn2cc(OC3CC(F)(F)C3)ccc12. The lowest BCUT2D eigenvalue weighted by Gasteiger charge is -2.34. The van der Waals surface area contributed by atoms with Crippen LogP contribution in [0, 0.1) is 0 Å². The number of hydrogen-bond donors (Lipinski definition) is 0. The highest BCUT2D eigenvalue weighted by Gasteiger charge is 2.47. The van der Waals surface area contributed by atoms with Crippen molar-refractivity contribution in [2.24, 2.45) is 0 Å². The monoisotopic (exact) mass is 266 g/mol. The third-order valence-corrected chi connectivity index (χ3v) is 3.22. The molecule has 0 unspecified atom stereocenters. The van der Waals surface area contributed by atoms with Crippen molar-refractivity contribution in [2.75, 3.05) is 0 Å². The number of rotatable bonds is 3. The molecule has 2 aromatic heterocycles. The van der Waals surface area contributed by atoms with Crippen LogP contribution in [0.25, 0.3) is 5.52 Å². The van der Waals surface area contributed by atoms with E-state index in [1.54, 1.807) is 18.3 Å². The predicted molar refractivity (Wildman–Crippen MR) is 63.8 cm³/mol. The highest BCUT2D eigenvalue weighted by atomic mass is 19.3. The van der Waals surface area contributed by atoms with Crippen molar-refractivity contribution in [3.8, 4) is 5.75 Å². The maximum atomic E-state index is 12.7. The van der Waals surface area contributed by atoms with Gasteiger partial charge in [0.15, 0.2) is 5.78 Å². The average molecular weight is 266 g/mol. The predicted octanol–water partition coefficient (Wildman–Crippen LogP) is 2.71. The number of carbonyl (C=O) groups excluding carboxylic acids is 1. The first-order valence-electron chi connectivity index (χ1n) is 5.97. The molecule has 0 saturated heterocycles. The molecule has 1 aliphatic rings. The van der Waals surface area contributed by atoms with Gasteiger partial charge in [-0.15, -0.1) is 0 Å². The van der Waals surface area contributed by atoms with Gasteiger partial charge in [-0.05, 0) is 19.1 Å². The molecule has 0 aromatic carbocycles. The number of hydrogen-bond acceptors (Lipinski definition) is 3. The third kappa shape index (κ3) is 2.18. The van der Waals surface area contributed by atoms with Crippen LogP contribution in [0.2, 0.25) is 0 Å². The molecule has 4 nitrogen and oxygen atoms in total. The number of aromatic nitrogens is 2. The fraction of sp³-hybridized carbons (Fsp3) is 0.385. The lowest BCUT2D eigenvalue weighted by atomic mass is 9.91. The van der Waals surface area contributed by atoms with E-state index >= 15 is 0 Å². The Balaban J connectivity index is 1.81. The second-order valence-electron chi connectivity index (χ2n) is 4.81. The van der Waals surface area contributed by atoms with Gasteiger partial charge in [-0.25, -0.2) is 13.3 Å². The molecule has 3 rings (SSSR count). The van der Waals surface area contributed by atoms with Crippen molar-refractivity contribution in [1.29, 1.82) is 0 Å². The van der Waals surface area contributed by atoms with E-state index in [0.717, 1.165) is 0 Å². The standard InChI is InChI=1S/C13H12F2N2O2/c1-8(18)11-6-16-17-7-9(2-3-12(11)17)19-10-4-13(14,15)5-10/h2-3,6-7,10H,4-5H2,1H3. The van der Waals surface area contributed by atoms with Gasteiger partial charge < -0.3 is 4.74 Å². The van der Waals surface area contributed by atoms with E-state index in [0.29, 0.717) is 16.8 Å². The second kappa shape index (κ2) is 4.01. The molecule has 2 heterocycles. The number of nitrogens with zero attached hydrogens (tertiary/aromatic N) is 2. The van der Waals surface area contributed by atoms with Crippen molar-refractivity contribution in [1.82, 2.24) is 9.61 Å². The zero-order valence-corrected chi connectivity index (χ0v) is 10.3. The molecule has 0 N–H and O–H groups in total. The van der Waals surface area contributed by atoms with Crippen molar-refractivity contribution >= 4 is 11.3 Å². The summed E-state index contributed by atoms with van der Waals surface area (Å²) in [6.07, 6.45) is 2.14. The van der Waals surface area contributed by atoms with Gasteiger partial charge in [0.05, 0.1) is 23.5 Å². The van der Waals surface area contributed by atoms with E-state index in [4.69, 9.17) is 4.74 Å². The topological polar surface area (TPSA) is 43.6 Å². The van der Waals surface area contributed by atoms with Crippen LogP contribution in [0.4, 0.5) is 8.78 Å². The first-order valence-corrected chi connectivity index (χ1v) is 5.97.